The molecule has 2 amide bonds. The summed E-state index contributed by atoms with van der Waals surface area (Å²) in [6, 6.07) is 12.9. The van der Waals surface area contributed by atoms with Crippen LogP contribution in [-0.4, -0.2) is 74.6 Å². The summed E-state index contributed by atoms with van der Waals surface area (Å²) in [5.74, 6) is -0.352. The molecular weight excluding hydrogens is 541 g/mol. The lowest BCUT2D eigenvalue weighted by Gasteiger charge is -2.24. The molecule has 0 saturated carbocycles. The van der Waals surface area contributed by atoms with Crippen LogP contribution in [0.2, 0.25) is 0 Å². The molecule has 1 fully saturated rings. The van der Waals surface area contributed by atoms with Gasteiger partial charge in [0.25, 0.3) is 0 Å². The van der Waals surface area contributed by atoms with Gasteiger partial charge in [0.15, 0.2) is 0 Å². The van der Waals surface area contributed by atoms with Crippen LogP contribution in [-0.2, 0) is 55.1 Å². The zero-order chi connectivity index (χ0) is 28.6. The Morgan fingerprint density at radius 3 is 2.62 bits per heavy atom. The van der Waals surface area contributed by atoms with Gasteiger partial charge in [0.05, 0.1) is 39.1 Å². The zero-order valence-corrected chi connectivity index (χ0v) is 23.5. The van der Waals surface area contributed by atoms with Gasteiger partial charge in [-0.3, -0.25) is 33.0 Å². The van der Waals surface area contributed by atoms with E-state index >= 15 is 0 Å². The molecule has 40 heavy (non-hydrogen) atoms. The Morgan fingerprint density at radius 1 is 1.12 bits per heavy atom. The van der Waals surface area contributed by atoms with E-state index in [1.54, 1.807) is 12.4 Å². The number of phosphoric ester groups is 1. The number of phosphoric acid groups is 1. The van der Waals surface area contributed by atoms with Gasteiger partial charge in [0.2, 0.25) is 12.3 Å². The van der Waals surface area contributed by atoms with E-state index in [1.165, 1.54) is 31.3 Å². The second-order valence-electron chi connectivity index (χ2n) is 8.82. The summed E-state index contributed by atoms with van der Waals surface area (Å²) in [7, 11) is -1.05. The van der Waals surface area contributed by atoms with E-state index < -0.39 is 26.3 Å². The number of amides is 2. The van der Waals surface area contributed by atoms with Gasteiger partial charge in [-0.25, -0.2) is 4.57 Å². The molecule has 1 aromatic carbocycles. The van der Waals surface area contributed by atoms with Crippen LogP contribution < -0.4 is 5.32 Å². The van der Waals surface area contributed by atoms with Gasteiger partial charge in [0, 0.05) is 38.8 Å². The third-order valence-corrected chi connectivity index (χ3v) is 7.19. The lowest BCUT2D eigenvalue weighted by molar-refractivity contribution is -0.127. The Balaban J connectivity index is 1.59. The van der Waals surface area contributed by atoms with Crippen molar-refractivity contribution in [3.05, 3.63) is 78.3 Å². The van der Waals surface area contributed by atoms with Crippen LogP contribution in [0, 0.1) is 0 Å². The van der Waals surface area contributed by atoms with E-state index in [-0.39, 0.29) is 38.9 Å². The van der Waals surface area contributed by atoms with Gasteiger partial charge >= 0.3 is 7.82 Å². The summed E-state index contributed by atoms with van der Waals surface area (Å²) in [6.45, 7) is 0.246. The van der Waals surface area contributed by atoms with E-state index in [1.807, 2.05) is 42.5 Å². The summed E-state index contributed by atoms with van der Waals surface area (Å²) in [4.78, 5) is 28.3. The summed E-state index contributed by atoms with van der Waals surface area (Å²) in [6.07, 6.45) is 5.92. The number of benzene rings is 1. The second kappa shape index (κ2) is 17.0. The molecule has 0 aliphatic carbocycles. The molecule has 1 aliphatic rings. The molecule has 3 rings (SSSR count). The number of hydrogen-bond donors (Lipinski definition) is 1. The molecule has 0 spiro atoms. The van der Waals surface area contributed by atoms with E-state index in [2.05, 4.69) is 10.3 Å². The maximum absolute atomic E-state index is 13.7. The van der Waals surface area contributed by atoms with Crippen molar-refractivity contribution in [3.63, 3.8) is 0 Å². The molecule has 1 N–H and O–H groups in total. The zero-order valence-electron chi connectivity index (χ0n) is 22.6. The van der Waals surface area contributed by atoms with E-state index in [4.69, 9.17) is 27.8 Å². The minimum absolute atomic E-state index is 0.000952. The highest BCUT2D eigenvalue weighted by Crippen LogP contribution is 2.51. The van der Waals surface area contributed by atoms with Crippen molar-refractivity contribution in [1.82, 2.24) is 15.2 Å². The summed E-state index contributed by atoms with van der Waals surface area (Å²) in [5.41, 5.74) is 1.66. The van der Waals surface area contributed by atoms with Crippen molar-refractivity contribution < 1.29 is 41.9 Å². The van der Waals surface area contributed by atoms with Crippen molar-refractivity contribution in [2.45, 2.75) is 44.5 Å². The maximum Gasteiger partial charge on any atom is 0.475 e. The van der Waals surface area contributed by atoms with E-state index in [9.17, 15) is 14.2 Å². The highest BCUT2D eigenvalue weighted by atomic mass is 31.2. The van der Waals surface area contributed by atoms with Crippen molar-refractivity contribution in [2.24, 2.45) is 0 Å². The van der Waals surface area contributed by atoms with Crippen LogP contribution in [0.4, 0.5) is 0 Å². The molecule has 0 radical (unpaired) electrons. The van der Waals surface area contributed by atoms with Crippen LogP contribution in [0.25, 0.3) is 0 Å². The van der Waals surface area contributed by atoms with Crippen molar-refractivity contribution in [3.8, 4) is 0 Å². The Hall–Kier alpha value is -2.96. The molecule has 2 heterocycles. The highest BCUT2D eigenvalue weighted by molar-refractivity contribution is 7.48. The predicted molar refractivity (Wildman–Crippen MR) is 144 cm³/mol. The molecule has 12 nitrogen and oxygen atoms in total. The Morgan fingerprint density at radius 2 is 1.93 bits per heavy atom. The standard InChI is InChI=1S/C27H36N3O9P/c1-28-26(32)12-14-30(21-31)27-11-10-24(39-27)19-37-40(33,36-17-22-7-4-3-5-8-22)38-20-25(18-34-2)35-16-23-9-6-13-29-15-23/h3-9,12-15,21,24-25,27H,10-11,16-20H2,1-2H3,(H,28,32)/b14-12-. The second-order valence-corrected chi connectivity index (χ2v) is 10.5. The number of nitrogens with one attached hydrogen (secondary N) is 1. The average Bonchev–Trinajstić information content (AvgIpc) is 3.47. The number of carbonyl (C=O) groups excluding carboxylic acids is 2. The van der Waals surface area contributed by atoms with Crippen molar-refractivity contribution >= 4 is 20.1 Å². The largest absolute Gasteiger partial charge is 0.475 e. The van der Waals surface area contributed by atoms with Gasteiger partial charge in [-0.15, -0.1) is 0 Å². The fraction of sp³-hybridized carbons (Fsp3) is 0.444. The summed E-state index contributed by atoms with van der Waals surface area (Å²) in [5, 5.41) is 2.44. The van der Waals surface area contributed by atoms with Crippen LogP contribution in [0.5, 0.6) is 0 Å². The molecule has 1 aliphatic heterocycles. The van der Waals surface area contributed by atoms with Gasteiger partial charge in [-0.05, 0) is 30.0 Å². The molecule has 1 saturated heterocycles. The average molecular weight is 578 g/mol. The molecule has 218 valence electrons. The quantitative estimate of drug-likeness (QED) is 0.160. The molecule has 1 aromatic heterocycles. The first-order valence-electron chi connectivity index (χ1n) is 12.8. The lowest BCUT2D eigenvalue weighted by atomic mass is 10.2. The fourth-order valence-electron chi connectivity index (χ4n) is 3.68. The molecule has 4 unspecified atom stereocenters. The SMILES string of the molecule is CNC(=O)/C=C\N(C=O)C1CCC(COP(=O)(OCc2ccccc2)OCC(COC)OCc2cccnc2)O1. The first-order chi connectivity index (χ1) is 19.4. The Bertz CT molecular complexity index is 1110. The molecule has 13 heteroatoms. The summed E-state index contributed by atoms with van der Waals surface area (Å²) < 4.78 is 47.7. The number of carbonyl (C=O) groups is 2. The van der Waals surface area contributed by atoms with Gasteiger partial charge < -0.3 is 19.5 Å². The predicted octanol–water partition coefficient (Wildman–Crippen LogP) is 3.19. The minimum atomic E-state index is -4.07. The summed E-state index contributed by atoms with van der Waals surface area (Å²) >= 11 is 0. The number of rotatable bonds is 18. The monoisotopic (exact) mass is 577 g/mol. The third kappa shape index (κ3) is 10.9. The lowest BCUT2D eigenvalue weighted by Crippen LogP contribution is -2.31. The van der Waals surface area contributed by atoms with Crippen LogP contribution in [0.15, 0.2) is 67.1 Å². The smallest absolute Gasteiger partial charge is 0.382 e. The topological polar surface area (TPSA) is 135 Å². The Kier molecular flexibility index (Phi) is 13.4. The number of ether oxygens (including phenoxy) is 3. The normalized spacial score (nSPS) is 19.2. The molecule has 2 aromatic rings. The first-order valence-corrected chi connectivity index (χ1v) is 14.3. The van der Waals surface area contributed by atoms with Gasteiger partial charge in [-0.1, -0.05) is 36.4 Å². The van der Waals surface area contributed by atoms with E-state index in [0.29, 0.717) is 19.3 Å². The molecule has 0 bridgehead atoms. The van der Waals surface area contributed by atoms with Crippen molar-refractivity contribution in [2.75, 3.05) is 34.0 Å². The number of nitrogens with zero attached hydrogens (tertiary/aromatic N) is 2. The number of methoxy groups -OCH3 is 1. The number of hydrogen-bond acceptors (Lipinski definition) is 10. The van der Waals surface area contributed by atoms with E-state index in [0.717, 1.165) is 11.1 Å². The van der Waals surface area contributed by atoms with Crippen LogP contribution in [0.1, 0.15) is 24.0 Å². The fourth-order valence-corrected chi connectivity index (χ4v) is 4.91. The third-order valence-electron chi connectivity index (χ3n) is 5.81. The van der Waals surface area contributed by atoms with Crippen LogP contribution >= 0.6 is 7.82 Å². The Labute approximate surface area is 234 Å². The molecule has 4 atom stereocenters. The maximum atomic E-state index is 13.7. The van der Waals surface area contributed by atoms with Crippen molar-refractivity contribution in [1.29, 1.82) is 0 Å². The molecular formula is C27H36N3O9P. The number of likely N-dealkylation sites (N-methyl/N-ethyl adjacent to an activating group) is 1. The van der Waals surface area contributed by atoms with Crippen LogP contribution in [0.3, 0.4) is 0 Å². The number of pyridine rings is 1. The number of aromatic nitrogens is 1. The van der Waals surface area contributed by atoms with Gasteiger partial charge in [-0.2, -0.15) is 0 Å². The first kappa shape index (κ1) is 31.6. The highest BCUT2D eigenvalue weighted by Gasteiger charge is 2.34. The minimum Gasteiger partial charge on any atom is -0.382 e. The van der Waals surface area contributed by atoms with Gasteiger partial charge in [0.1, 0.15) is 12.3 Å².